The molecule has 2 aliphatic rings. The quantitative estimate of drug-likeness (QED) is 0.325. The number of nitrogens with zero attached hydrogens (tertiary/aromatic N) is 4. The standard InChI is InChI=1S/C29H38BrN5O3/c1-18-16-22(24(17-21(18)30)35-14-6-7-15-35)31-25-13-12-23-26(32-25)27(33-34(23)5)37-20-10-8-19(9-11-20)28(36)38-29(2,3)4/h12-13,16-17,19-20H,6-11,14-15H2,1-5H3,(H,31,32). The summed E-state index contributed by atoms with van der Waals surface area (Å²) in [7, 11) is 1.91. The molecule has 1 aromatic carbocycles. The lowest BCUT2D eigenvalue weighted by Crippen LogP contribution is -2.33. The minimum Gasteiger partial charge on any atom is -0.472 e. The molecule has 0 bridgehead atoms. The number of hydrogen-bond donors (Lipinski definition) is 1. The molecule has 0 unspecified atom stereocenters. The van der Waals surface area contributed by atoms with Crippen LogP contribution in [0, 0.1) is 12.8 Å². The van der Waals surface area contributed by atoms with E-state index in [0.717, 1.165) is 65.8 Å². The van der Waals surface area contributed by atoms with Crippen LogP contribution in [-0.2, 0) is 16.6 Å². The van der Waals surface area contributed by atoms with Crippen LogP contribution in [-0.4, -0.2) is 45.5 Å². The van der Waals surface area contributed by atoms with Crippen molar-refractivity contribution in [2.45, 2.75) is 77.9 Å². The SMILES string of the molecule is Cc1cc(Nc2ccc3c(n2)c(OC2CCC(C(=O)OC(C)(C)C)CC2)nn3C)c(N2CCCC2)cc1Br. The van der Waals surface area contributed by atoms with Gasteiger partial charge in [-0.25, -0.2) is 4.98 Å². The fourth-order valence-electron chi connectivity index (χ4n) is 5.34. The highest BCUT2D eigenvalue weighted by molar-refractivity contribution is 9.10. The third-order valence-corrected chi connectivity index (χ3v) is 8.20. The van der Waals surface area contributed by atoms with Gasteiger partial charge < -0.3 is 19.7 Å². The van der Waals surface area contributed by atoms with Crippen molar-refractivity contribution >= 4 is 50.1 Å². The lowest BCUT2D eigenvalue weighted by Gasteiger charge is -2.29. The Hall–Kier alpha value is -2.81. The Labute approximate surface area is 233 Å². The molecule has 8 nitrogen and oxygen atoms in total. The second-order valence-corrected chi connectivity index (χ2v) is 12.4. The monoisotopic (exact) mass is 583 g/mol. The summed E-state index contributed by atoms with van der Waals surface area (Å²) >= 11 is 3.71. The maximum absolute atomic E-state index is 12.5. The number of ether oxygens (including phenoxy) is 2. The molecule has 0 atom stereocenters. The number of hydrogen-bond acceptors (Lipinski definition) is 7. The zero-order valence-corrected chi connectivity index (χ0v) is 24.6. The van der Waals surface area contributed by atoms with E-state index in [1.807, 2.05) is 44.6 Å². The third-order valence-electron chi connectivity index (χ3n) is 7.35. The Morgan fingerprint density at radius 3 is 2.50 bits per heavy atom. The van der Waals surface area contributed by atoms with Gasteiger partial charge in [0.25, 0.3) is 5.88 Å². The third kappa shape index (κ3) is 5.92. The molecule has 1 saturated heterocycles. The molecule has 2 fully saturated rings. The maximum atomic E-state index is 12.5. The van der Waals surface area contributed by atoms with Crippen LogP contribution in [0.15, 0.2) is 28.7 Å². The first-order valence-electron chi connectivity index (χ1n) is 13.6. The van der Waals surface area contributed by atoms with Gasteiger partial charge in [-0.15, -0.1) is 5.10 Å². The predicted octanol–water partition coefficient (Wildman–Crippen LogP) is 6.66. The first kappa shape index (κ1) is 26.8. The largest absolute Gasteiger partial charge is 0.472 e. The van der Waals surface area contributed by atoms with E-state index in [0.29, 0.717) is 5.88 Å². The number of carbonyl (C=O) groups is 1. The van der Waals surface area contributed by atoms with E-state index in [9.17, 15) is 4.79 Å². The highest BCUT2D eigenvalue weighted by Crippen LogP contribution is 2.37. The molecule has 204 valence electrons. The normalized spacial score (nSPS) is 20.1. The Kier molecular flexibility index (Phi) is 7.58. The minimum absolute atomic E-state index is 0.00101. The summed E-state index contributed by atoms with van der Waals surface area (Å²) in [4.78, 5) is 19.9. The second kappa shape index (κ2) is 10.8. The van der Waals surface area contributed by atoms with Crippen molar-refractivity contribution in [3.63, 3.8) is 0 Å². The van der Waals surface area contributed by atoms with E-state index in [1.54, 1.807) is 0 Å². The van der Waals surface area contributed by atoms with Gasteiger partial charge in [0, 0.05) is 24.6 Å². The van der Waals surface area contributed by atoms with Crippen LogP contribution in [0.5, 0.6) is 5.88 Å². The van der Waals surface area contributed by atoms with Crippen LogP contribution in [0.1, 0.15) is 64.9 Å². The average molecular weight is 585 g/mol. The smallest absolute Gasteiger partial charge is 0.309 e. The van der Waals surface area contributed by atoms with Gasteiger partial charge in [-0.05, 0) is 96.0 Å². The summed E-state index contributed by atoms with van der Waals surface area (Å²) in [6.07, 6.45) is 5.52. The lowest BCUT2D eigenvalue weighted by molar-refractivity contribution is -0.161. The minimum atomic E-state index is -0.459. The van der Waals surface area contributed by atoms with E-state index < -0.39 is 5.60 Å². The second-order valence-electron chi connectivity index (χ2n) is 11.6. The Morgan fingerprint density at radius 2 is 1.82 bits per heavy atom. The summed E-state index contributed by atoms with van der Waals surface area (Å²) in [5.74, 6) is 1.13. The van der Waals surface area contributed by atoms with Gasteiger partial charge in [0.05, 0.1) is 22.8 Å². The van der Waals surface area contributed by atoms with Gasteiger partial charge in [-0.3, -0.25) is 9.48 Å². The number of nitrogens with one attached hydrogen (secondary N) is 1. The summed E-state index contributed by atoms with van der Waals surface area (Å²) in [5.41, 5.74) is 4.60. The predicted molar refractivity (Wildman–Crippen MR) is 154 cm³/mol. The Balaban J connectivity index is 1.33. The van der Waals surface area contributed by atoms with Gasteiger partial charge in [0.15, 0.2) is 5.52 Å². The number of fused-ring (bicyclic) bond motifs is 1. The summed E-state index contributed by atoms with van der Waals surface area (Å²) < 4.78 is 14.9. The fraction of sp³-hybridized carbons (Fsp3) is 0.552. The molecule has 2 aromatic heterocycles. The van der Waals surface area contributed by atoms with E-state index in [1.165, 1.54) is 24.1 Å². The first-order chi connectivity index (χ1) is 18.1. The van der Waals surface area contributed by atoms with Gasteiger partial charge in [-0.1, -0.05) is 15.9 Å². The first-order valence-corrected chi connectivity index (χ1v) is 14.4. The fourth-order valence-corrected chi connectivity index (χ4v) is 5.68. The summed E-state index contributed by atoms with van der Waals surface area (Å²) in [5, 5.41) is 8.21. The van der Waals surface area contributed by atoms with Crippen LogP contribution in [0.4, 0.5) is 17.2 Å². The Morgan fingerprint density at radius 1 is 1.11 bits per heavy atom. The molecule has 9 heteroatoms. The van der Waals surface area contributed by atoms with Crippen LogP contribution >= 0.6 is 15.9 Å². The number of anilines is 3. The van der Waals surface area contributed by atoms with Crippen molar-refractivity contribution in [1.29, 1.82) is 0 Å². The number of aromatic nitrogens is 3. The molecule has 3 heterocycles. The zero-order valence-electron chi connectivity index (χ0n) is 23.0. The van der Waals surface area contributed by atoms with Crippen molar-refractivity contribution in [2.75, 3.05) is 23.3 Å². The zero-order chi connectivity index (χ0) is 27.0. The van der Waals surface area contributed by atoms with Crippen LogP contribution in [0.25, 0.3) is 11.0 Å². The number of pyridine rings is 1. The summed E-state index contributed by atoms with van der Waals surface area (Å²) in [6.45, 7) is 9.96. The lowest BCUT2D eigenvalue weighted by atomic mass is 9.87. The van der Waals surface area contributed by atoms with Crippen molar-refractivity contribution in [3.8, 4) is 5.88 Å². The molecule has 5 rings (SSSR count). The van der Waals surface area contributed by atoms with Crippen LogP contribution in [0.3, 0.4) is 0 Å². The van der Waals surface area contributed by atoms with E-state index in [4.69, 9.17) is 14.5 Å². The Bertz CT molecular complexity index is 1320. The van der Waals surface area contributed by atoms with Gasteiger partial charge in [0.2, 0.25) is 0 Å². The molecule has 0 amide bonds. The summed E-state index contributed by atoms with van der Waals surface area (Å²) in [6, 6.07) is 8.40. The van der Waals surface area contributed by atoms with Crippen LogP contribution < -0.4 is 15.0 Å². The van der Waals surface area contributed by atoms with Gasteiger partial charge in [0.1, 0.15) is 17.5 Å². The number of aryl methyl sites for hydroxylation is 2. The van der Waals surface area contributed by atoms with E-state index in [2.05, 4.69) is 50.3 Å². The molecule has 1 saturated carbocycles. The highest BCUT2D eigenvalue weighted by atomic mass is 79.9. The van der Waals surface area contributed by atoms with Gasteiger partial charge in [-0.2, -0.15) is 0 Å². The van der Waals surface area contributed by atoms with Crippen LogP contribution in [0.2, 0.25) is 0 Å². The highest BCUT2D eigenvalue weighted by Gasteiger charge is 2.31. The topological polar surface area (TPSA) is 81.5 Å². The van der Waals surface area contributed by atoms with Crippen molar-refractivity contribution in [2.24, 2.45) is 13.0 Å². The molecule has 1 N–H and O–H groups in total. The molecule has 0 radical (unpaired) electrons. The molecule has 38 heavy (non-hydrogen) atoms. The van der Waals surface area contributed by atoms with E-state index >= 15 is 0 Å². The van der Waals surface area contributed by atoms with E-state index in [-0.39, 0.29) is 18.0 Å². The van der Waals surface area contributed by atoms with Crippen molar-refractivity contribution in [1.82, 2.24) is 14.8 Å². The number of carbonyl (C=O) groups excluding carboxylic acids is 1. The molecule has 3 aromatic rings. The molecular formula is C29H38BrN5O3. The molecule has 1 aliphatic carbocycles. The van der Waals surface area contributed by atoms with Gasteiger partial charge >= 0.3 is 5.97 Å². The average Bonchev–Trinajstić information content (AvgIpc) is 3.49. The number of esters is 1. The molecular weight excluding hydrogens is 546 g/mol. The van der Waals surface area contributed by atoms with Crippen molar-refractivity contribution in [3.05, 3.63) is 34.3 Å². The maximum Gasteiger partial charge on any atom is 0.309 e. The molecule has 0 spiro atoms. The number of halogens is 1. The number of rotatable bonds is 6. The number of benzene rings is 1. The van der Waals surface area contributed by atoms with Crippen molar-refractivity contribution < 1.29 is 14.3 Å². The molecule has 1 aliphatic heterocycles.